The summed E-state index contributed by atoms with van der Waals surface area (Å²) in [6.07, 6.45) is 0. The normalized spacial score (nSPS) is 11.9. The molecular weight excluding hydrogens is 740 g/mol. The Balaban J connectivity index is 1.84. The van der Waals surface area contributed by atoms with E-state index in [0.29, 0.717) is 0 Å². The highest BCUT2D eigenvalue weighted by molar-refractivity contribution is 6.66. The molecule has 0 aliphatic rings. The van der Waals surface area contributed by atoms with Gasteiger partial charge in [-0.05, 0) is 0 Å². The minimum atomic E-state index is -4.04. The van der Waals surface area contributed by atoms with Gasteiger partial charge in [0, 0.05) is 16.2 Å². The van der Waals surface area contributed by atoms with Crippen LogP contribution in [0.3, 0.4) is 0 Å². The minimum Gasteiger partial charge on any atom is -0.517 e. The lowest BCUT2D eigenvalue weighted by Crippen LogP contribution is -2.47. The Hall–Kier alpha value is -5.31. The molecule has 0 unspecified atom stereocenters. The van der Waals surface area contributed by atoms with Crippen LogP contribution in [0.5, 0.6) is 11.5 Å². The zero-order chi connectivity index (χ0) is 37.2. The first-order chi connectivity index (χ1) is 23.3. The largest absolute Gasteiger partial charge is 0.636 e. The van der Waals surface area contributed by atoms with Crippen LogP contribution in [0.4, 0.5) is 83.4 Å². The number of hydrogen-bond donors (Lipinski definition) is 0. The quantitative estimate of drug-likeness (QED) is 0.0578. The summed E-state index contributed by atoms with van der Waals surface area (Å²) < 4.78 is 287. The van der Waals surface area contributed by atoms with Crippen molar-refractivity contribution in [3.05, 3.63) is 111 Å². The molecule has 6 aromatic carbocycles. The minimum absolute atomic E-state index is 1.87. The van der Waals surface area contributed by atoms with Crippen LogP contribution >= 0.6 is 0 Å². The summed E-state index contributed by atoms with van der Waals surface area (Å²) in [5.41, 5.74) is -2.49. The predicted octanol–water partition coefficient (Wildman–Crippen LogP) is 9.08. The molecule has 22 heteroatoms. The van der Waals surface area contributed by atoms with Crippen molar-refractivity contribution in [3.8, 4) is 11.5 Å². The van der Waals surface area contributed by atoms with Crippen LogP contribution in [-0.4, -0.2) is 7.12 Å². The Kier molecular flexibility index (Phi) is 7.86. The highest BCUT2D eigenvalue weighted by Gasteiger charge is 2.44. The maximum Gasteiger partial charge on any atom is 0.636 e. The van der Waals surface area contributed by atoms with Gasteiger partial charge in [-0.25, -0.2) is 65.9 Å². The maximum absolute atomic E-state index is 15.8. The van der Waals surface area contributed by atoms with Crippen molar-refractivity contribution in [2.75, 3.05) is 0 Å². The number of benzene rings is 6. The van der Waals surface area contributed by atoms with Gasteiger partial charge >= 0.3 is 7.12 Å². The fourth-order valence-corrected chi connectivity index (χ4v) is 5.11. The van der Waals surface area contributed by atoms with Crippen molar-refractivity contribution < 1.29 is 92.7 Å². The smallest absolute Gasteiger partial charge is 0.517 e. The number of rotatable bonds is 5. The molecule has 0 radical (unpaired) electrons. The second kappa shape index (κ2) is 11.4. The summed E-state index contributed by atoms with van der Waals surface area (Å²) in [6.45, 7) is 0. The third-order valence-corrected chi connectivity index (χ3v) is 7.28. The molecule has 0 heterocycles. The van der Waals surface area contributed by atoms with Gasteiger partial charge in [0.1, 0.15) is 0 Å². The topological polar surface area (TPSA) is 18.5 Å². The standard InChI is InChI=1S/C28BF19O2/c30-8-3-1-2-5(9(8)31)13(35)16(38)14(36)6(2)11(33)10(32)4(1)12(34)15(37)7(3)29(49-27-23(45)19(41)17(39)20(42)24(27)46)50-28-25(47)21(43)18(40)22(44)26(28)48. The summed E-state index contributed by atoms with van der Waals surface area (Å²) in [4.78, 5) is 0. The molecular formula is C28BF19O2. The van der Waals surface area contributed by atoms with Gasteiger partial charge in [-0.2, -0.15) is 17.6 Å². The molecule has 0 N–H and O–H groups in total. The van der Waals surface area contributed by atoms with Crippen molar-refractivity contribution in [2.24, 2.45) is 0 Å². The Morgan fingerprint density at radius 2 is 0.440 bits per heavy atom. The van der Waals surface area contributed by atoms with Crippen LogP contribution in [0.25, 0.3) is 32.3 Å². The highest BCUT2D eigenvalue weighted by Crippen LogP contribution is 2.45. The van der Waals surface area contributed by atoms with Gasteiger partial charge in [0.25, 0.3) is 0 Å². The van der Waals surface area contributed by atoms with E-state index in [1.165, 1.54) is 0 Å². The third-order valence-electron chi connectivity index (χ3n) is 7.28. The zero-order valence-corrected chi connectivity index (χ0v) is 22.6. The van der Waals surface area contributed by atoms with E-state index in [-0.39, 0.29) is 0 Å². The van der Waals surface area contributed by atoms with Crippen molar-refractivity contribution in [2.45, 2.75) is 0 Å². The molecule has 0 aliphatic heterocycles. The van der Waals surface area contributed by atoms with Crippen LogP contribution < -0.4 is 14.8 Å². The SMILES string of the molecule is Fc1c(F)c(F)c(OB(Oc2c(F)c(F)c(F)c(F)c2F)c2c(F)c(F)c3c(F)c(F)c4c(F)c(F)c(F)c5c(F)c(F)c2c3c45)c(F)c1F. The summed E-state index contributed by atoms with van der Waals surface area (Å²) in [5.74, 6) is -60.6. The summed E-state index contributed by atoms with van der Waals surface area (Å²) in [6, 6.07) is 0. The third kappa shape index (κ3) is 4.35. The Morgan fingerprint density at radius 3 is 0.780 bits per heavy atom. The first-order valence-corrected chi connectivity index (χ1v) is 12.5. The molecule has 0 aromatic heterocycles. The molecule has 0 spiro atoms. The number of halogens is 19. The monoisotopic (exact) mass is 740 g/mol. The lowest BCUT2D eigenvalue weighted by molar-refractivity contribution is 0.316. The summed E-state index contributed by atoms with van der Waals surface area (Å²) in [5, 5.41) is -12.5. The van der Waals surface area contributed by atoms with Crippen LogP contribution in [0.15, 0.2) is 0 Å². The lowest BCUT2D eigenvalue weighted by Gasteiger charge is -2.23. The molecule has 50 heavy (non-hydrogen) atoms. The summed E-state index contributed by atoms with van der Waals surface area (Å²) in [7, 11) is -4.04. The first kappa shape index (κ1) is 34.6. The molecule has 6 aromatic rings. The van der Waals surface area contributed by atoms with Gasteiger partial charge in [0.05, 0.1) is 21.6 Å². The zero-order valence-electron chi connectivity index (χ0n) is 22.6. The van der Waals surface area contributed by atoms with Crippen LogP contribution in [0.2, 0.25) is 0 Å². The fourth-order valence-electron chi connectivity index (χ4n) is 5.11. The molecule has 0 bridgehead atoms. The van der Waals surface area contributed by atoms with Gasteiger partial charge in [-0.3, -0.25) is 0 Å². The molecule has 0 amide bonds. The van der Waals surface area contributed by atoms with E-state index in [4.69, 9.17) is 0 Å². The van der Waals surface area contributed by atoms with Gasteiger partial charge in [0.2, 0.25) is 58.2 Å². The summed E-state index contributed by atoms with van der Waals surface area (Å²) >= 11 is 0. The van der Waals surface area contributed by atoms with Crippen molar-refractivity contribution in [3.63, 3.8) is 0 Å². The molecule has 2 nitrogen and oxygen atoms in total. The van der Waals surface area contributed by atoms with Gasteiger partial charge in [0.15, 0.2) is 63.9 Å². The van der Waals surface area contributed by atoms with Crippen molar-refractivity contribution in [1.82, 2.24) is 0 Å². The second-order valence-corrected chi connectivity index (χ2v) is 9.86. The fraction of sp³-hybridized carbons (Fsp3) is 0. The molecule has 260 valence electrons. The Morgan fingerprint density at radius 1 is 0.220 bits per heavy atom. The lowest BCUT2D eigenvalue weighted by atomic mass is 9.73. The second-order valence-electron chi connectivity index (χ2n) is 9.86. The Bertz CT molecular complexity index is 2350. The molecule has 0 atom stereocenters. The first-order valence-electron chi connectivity index (χ1n) is 12.5. The van der Waals surface area contributed by atoms with E-state index in [9.17, 15) is 61.5 Å². The van der Waals surface area contributed by atoms with Crippen LogP contribution in [-0.2, 0) is 0 Å². The van der Waals surface area contributed by atoms with Gasteiger partial charge in [-0.15, -0.1) is 0 Å². The molecule has 0 saturated carbocycles. The van der Waals surface area contributed by atoms with E-state index in [1.54, 1.807) is 0 Å². The predicted molar refractivity (Wildman–Crippen MR) is 129 cm³/mol. The molecule has 0 aliphatic carbocycles. The highest BCUT2D eigenvalue weighted by atomic mass is 19.2. The van der Waals surface area contributed by atoms with Crippen LogP contribution in [0.1, 0.15) is 0 Å². The maximum atomic E-state index is 15.8. The van der Waals surface area contributed by atoms with E-state index in [2.05, 4.69) is 9.31 Å². The van der Waals surface area contributed by atoms with Crippen molar-refractivity contribution >= 4 is 44.9 Å². The molecule has 0 saturated heterocycles. The average Bonchev–Trinajstić information content (AvgIpc) is 3.08. The van der Waals surface area contributed by atoms with E-state index in [1.807, 2.05) is 0 Å². The Labute approximate surface area is 260 Å². The van der Waals surface area contributed by atoms with E-state index in [0.717, 1.165) is 0 Å². The van der Waals surface area contributed by atoms with Crippen molar-refractivity contribution in [1.29, 1.82) is 0 Å². The average molecular weight is 740 g/mol. The van der Waals surface area contributed by atoms with Crippen LogP contribution in [0, 0.1) is 111 Å². The molecule has 0 fully saturated rings. The van der Waals surface area contributed by atoms with Gasteiger partial charge < -0.3 is 9.31 Å². The number of hydrogen-bond acceptors (Lipinski definition) is 2. The van der Waals surface area contributed by atoms with E-state index < -0.39 is 167 Å². The molecule has 6 rings (SSSR count). The van der Waals surface area contributed by atoms with E-state index >= 15 is 22.0 Å². The van der Waals surface area contributed by atoms with Gasteiger partial charge in [-0.1, -0.05) is 0 Å².